The van der Waals surface area contributed by atoms with Gasteiger partial charge in [0.05, 0.1) is 0 Å². The van der Waals surface area contributed by atoms with Gasteiger partial charge in [-0.2, -0.15) is 18.2 Å². The minimum Gasteiger partial charge on any atom is -0.400 e. The van der Waals surface area contributed by atoms with Gasteiger partial charge in [0.2, 0.25) is 0 Å². The molecule has 1 aromatic heterocycles. The van der Waals surface area contributed by atoms with Crippen LogP contribution in [0.15, 0.2) is 24.5 Å². The smallest absolute Gasteiger partial charge is 0.0319 e. The number of nitrogens with zero attached hydrogens (tertiary/aromatic N) is 1. The molecule has 1 rings (SSSR count). The summed E-state index contributed by atoms with van der Waals surface area (Å²) in [6, 6.07) is 6.36. The summed E-state index contributed by atoms with van der Waals surface area (Å²) in [6.45, 7) is 0. The number of hydrogen-bond acceptors (Lipinski definition) is 2. The van der Waals surface area contributed by atoms with Gasteiger partial charge in [-0.1, -0.05) is 12.4 Å². The van der Waals surface area contributed by atoms with Crippen molar-refractivity contribution in [1.29, 1.82) is 0 Å². The molecule has 1 N–H and O–H groups in total. The van der Waals surface area contributed by atoms with E-state index in [-0.39, 0.29) is 32.7 Å². The van der Waals surface area contributed by atoms with Crippen molar-refractivity contribution in [3.63, 3.8) is 0 Å². The SMILES string of the molecule is CO.[Y].[c-]1ccncc1. The van der Waals surface area contributed by atoms with Crippen LogP contribution in [-0.2, 0) is 32.7 Å². The molecular weight excluding hydrogens is 191 g/mol. The van der Waals surface area contributed by atoms with Crippen LogP contribution in [0, 0.1) is 6.07 Å². The summed E-state index contributed by atoms with van der Waals surface area (Å²) in [5.41, 5.74) is 0. The zero-order chi connectivity index (χ0) is 6.24. The topological polar surface area (TPSA) is 33.1 Å². The summed E-state index contributed by atoms with van der Waals surface area (Å²) in [7, 11) is 1.00. The molecule has 0 bridgehead atoms. The Morgan fingerprint density at radius 3 is 1.78 bits per heavy atom. The Bertz CT molecular complexity index is 85.0. The molecule has 9 heavy (non-hydrogen) atoms. The fourth-order valence-corrected chi connectivity index (χ4v) is 0.277. The van der Waals surface area contributed by atoms with E-state index in [2.05, 4.69) is 11.1 Å². The molecule has 3 heteroatoms. The Labute approximate surface area is 80.2 Å². The van der Waals surface area contributed by atoms with Crippen LogP contribution in [-0.4, -0.2) is 17.2 Å². The minimum absolute atomic E-state index is 0. The van der Waals surface area contributed by atoms with E-state index in [1.165, 1.54) is 0 Å². The molecule has 47 valence electrons. The van der Waals surface area contributed by atoms with Crippen LogP contribution in [0.25, 0.3) is 0 Å². The van der Waals surface area contributed by atoms with E-state index in [4.69, 9.17) is 5.11 Å². The van der Waals surface area contributed by atoms with Crippen LogP contribution >= 0.6 is 0 Å². The molecule has 0 aliphatic heterocycles. The Morgan fingerprint density at radius 2 is 1.67 bits per heavy atom. The molecule has 0 saturated carbocycles. The number of aliphatic hydroxyl groups is 1. The molecule has 0 fully saturated rings. The molecule has 1 heterocycles. The number of hydrogen-bond donors (Lipinski definition) is 1. The van der Waals surface area contributed by atoms with E-state index >= 15 is 0 Å². The fourth-order valence-electron chi connectivity index (χ4n) is 0.277. The molecule has 0 atom stereocenters. The maximum atomic E-state index is 7.00. The average molecular weight is 199 g/mol. The van der Waals surface area contributed by atoms with E-state index in [9.17, 15) is 0 Å². The second-order valence-corrected chi connectivity index (χ2v) is 0.947. The molecule has 1 aromatic rings. The van der Waals surface area contributed by atoms with Crippen molar-refractivity contribution in [3.8, 4) is 0 Å². The van der Waals surface area contributed by atoms with Crippen LogP contribution in [0.4, 0.5) is 0 Å². The second-order valence-electron chi connectivity index (χ2n) is 0.947. The van der Waals surface area contributed by atoms with Gasteiger partial charge in [0, 0.05) is 39.8 Å². The average Bonchev–Trinajstić information content (AvgIpc) is 1.96. The van der Waals surface area contributed by atoms with E-state index in [0.717, 1.165) is 7.11 Å². The van der Waals surface area contributed by atoms with E-state index in [1.54, 1.807) is 24.5 Å². The predicted molar refractivity (Wildman–Crippen MR) is 31.2 cm³/mol. The van der Waals surface area contributed by atoms with E-state index in [1.807, 2.05) is 0 Å². The zero-order valence-electron chi connectivity index (χ0n) is 5.28. The molecular formula is C6H8NOY-. The van der Waals surface area contributed by atoms with E-state index < -0.39 is 0 Å². The first kappa shape index (κ1) is 11.9. The normalized spacial score (nSPS) is 6.00. The molecule has 0 amide bonds. The predicted octanol–water partition coefficient (Wildman–Crippen LogP) is 0.488. The maximum absolute atomic E-state index is 7.00. The summed E-state index contributed by atoms with van der Waals surface area (Å²) in [4.78, 5) is 3.75. The van der Waals surface area contributed by atoms with E-state index in [0.29, 0.717) is 0 Å². The summed E-state index contributed by atoms with van der Waals surface area (Å²) in [5, 5.41) is 7.00. The van der Waals surface area contributed by atoms with Gasteiger partial charge in [-0.05, 0) is 0 Å². The molecule has 0 aromatic carbocycles. The summed E-state index contributed by atoms with van der Waals surface area (Å²) < 4.78 is 0. The monoisotopic (exact) mass is 199 g/mol. The van der Waals surface area contributed by atoms with Crippen molar-refractivity contribution in [3.05, 3.63) is 30.6 Å². The van der Waals surface area contributed by atoms with Gasteiger partial charge in [-0.15, -0.1) is 0 Å². The Balaban J connectivity index is 0. The van der Waals surface area contributed by atoms with Gasteiger partial charge < -0.3 is 10.1 Å². The molecule has 0 unspecified atom stereocenters. The first-order chi connectivity index (χ1) is 4.00. The van der Waals surface area contributed by atoms with Gasteiger partial charge in [0.1, 0.15) is 0 Å². The molecule has 0 aliphatic rings. The third-order valence-electron chi connectivity index (χ3n) is 0.514. The third-order valence-corrected chi connectivity index (χ3v) is 0.514. The molecule has 0 saturated heterocycles. The van der Waals surface area contributed by atoms with Crippen molar-refractivity contribution in [2.24, 2.45) is 0 Å². The summed E-state index contributed by atoms with van der Waals surface area (Å²) in [5.74, 6) is 0. The summed E-state index contributed by atoms with van der Waals surface area (Å²) in [6.07, 6.45) is 3.39. The Hall–Kier alpha value is 0.214. The largest absolute Gasteiger partial charge is 0.400 e. The van der Waals surface area contributed by atoms with Gasteiger partial charge in [-0.25, -0.2) is 0 Å². The van der Waals surface area contributed by atoms with Crippen molar-refractivity contribution in [2.75, 3.05) is 7.11 Å². The van der Waals surface area contributed by atoms with Crippen molar-refractivity contribution < 1.29 is 37.8 Å². The maximum Gasteiger partial charge on any atom is 0.0319 e. The number of pyridine rings is 1. The first-order valence-electron chi connectivity index (χ1n) is 2.21. The van der Waals surface area contributed by atoms with Crippen LogP contribution in [0.3, 0.4) is 0 Å². The van der Waals surface area contributed by atoms with Gasteiger partial charge in [0.25, 0.3) is 0 Å². The standard InChI is InChI=1S/C5H4N.CH4O.Y/c1-2-4-6-5-3-1;1-2;/h2-5H;2H,1H3;/q-1;;. The number of aliphatic hydroxyl groups excluding tert-OH is 1. The molecule has 0 spiro atoms. The quantitative estimate of drug-likeness (QED) is 0.616. The molecule has 2 nitrogen and oxygen atoms in total. The van der Waals surface area contributed by atoms with Crippen LogP contribution in [0.2, 0.25) is 0 Å². The van der Waals surface area contributed by atoms with Gasteiger partial charge in [0.15, 0.2) is 0 Å². The second kappa shape index (κ2) is 11.1. The Kier molecular flexibility index (Phi) is 14.7. The zero-order valence-corrected chi connectivity index (χ0v) is 8.12. The Morgan fingerprint density at radius 1 is 1.22 bits per heavy atom. The van der Waals surface area contributed by atoms with Gasteiger partial charge >= 0.3 is 0 Å². The first-order valence-corrected chi connectivity index (χ1v) is 2.21. The molecule has 1 radical (unpaired) electrons. The van der Waals surface area contributed by atoms with Crippen molar-refractivity contribution in [1.82, 2.24) is 4.98 Å². The number of aromatic nitrogens is 1. The third kappa shape index (κ3) is 8.21. The minimum atomic E-state index is 0. The number of rotatable bonds is 0. The van der Waals surface area contributed by atoms with Crippen molar-refractivity contribution in [2.45, 2.75) is 0 Å². The summed E-state index contributed by atoms with van der Waals surface area (Å²) >= 11 is 0. The van der Waals surface area contributed by atoms with Crippen LogP contribution in [0.1, 0.15) is 0 Å². The van der Waals surface area contributed by atoms with Crippen LogP contribution in [0.5, 0.6) is 0 Å². The fraction of sp³-hybridized carbons (Fsp3) is 0.167. The van der Waals surface area contributed by atoms with Crippen LogP contribution < -0.4 is 0 Å². The molecule has 0 aliphatic carbocycles. The van der Waals surface area contributed by atoms with Crippen molar-refractivity contribution >= 4 is 0 Å². The van der Waals surface area contributed by atoms with Gasteiger partial charge in [-0.3, -0.25) is 0 Å².